The van der Waals surface area contributed by atoms with Gasteiger partial charge in [-0.1, -0.05) is 0 Å². The van der Waals surface area contributed by atoms with Crippen molar-refractivity contribution in [3.8, 4) is 0 Å². The Bertz CT molecular complexity index is 701. The van der Waals surface area contributed by atoms with E-state index in [9.17, 15) is 4.79 Å². The van der Waals surface area contributed by atoms with Crippen LogP contribution in [0.25, 0.3) is 0 Å². The van der Waals surface area contributed by atoms with Gasteiger partial charge in [-0.25, -0.2) is 9.97 Å². The summed E-state index contributed by atoms with van der Waals surface area (Å²) < 4.78 is 7.90. The fraction of sp³-hybridized carbons (Fsp3) is 0.562. The lowest BCUT2D eigenvalue weighted by molar-refractivity contribution is -0.132. The molecule has 1 N–H and O–H groups in total. The first-order valence-electron chi connectivity index (χ1n) is 8.22. The molecule has 0 bridgehead atoms. The second kappa shape index (κ2) is 6.62. The van der Waals surface area contributed by atoms with Crippen LogP contribution in [0.5, 0.6) is 0 Å². The summed E-state index contributed by atoms with van der Waals surface area (Å²) in [6.45, 7) is 2.29. The molecule has 7 nitrogen and oxygen atoms in total. The molecule has 1 amide bonds. The topological polar surface area (TPSA) is 72.3 Å². The summed E-state index contributed by atoms with van der Waals surface area (Å²) in [5.41, 5.74) is 0. The van der Waals surface area contributed by atoms with Crippen molar-refractivity contribution >= 4 is 17.2 Å². The summed E-state index contributed by atoms with van der Waals surface area (Å²) in [6.07, 6.45) is 6.98. The number of aryl methyl sites for hydroxylation is 1. The number of hydrogen-bond donors (Lipinski definition) is 1. The molecule has 2 fully saturated rings. The molecule has 2 aromatic rings. The highest BCUT2D eigenvalue weighted by atomic mass is 32.1. The Hall–Kier alpha value is -1.77. The van der Waals surface area contributed by atoms with E-state index in [1.54, 1.807) is 17.5 Å². The third-order valence-electron chi connectivity index (χ3n) is 4.85. The van der Waals surface area contributed by atoms with Gasteiger partial charge in [0, 0.05) is 50.0 Å². The van der Waals surface area contributed by atoms with E-state index >= 15 is 0 Å². The number of imidazole rings is 1. The Morgan fingerprint density at radius 1 is 1.46 bits per heavy atom. The summed E-state index contributed by atoms with van der Waals surface area (Å²) in [4.78, 5) is 23.4. The molecule has 3 atom stereocenters. The highest BCUT2D eigenvalue weighted by Gasteiger charge is 2.45. The van der Waals surface area contributed by atoms with Crippen LogP contribution < -0.4 is 5.32 Å². The number of carbonyl (C=O) groups is 1. The Morgan fingerprint density at radius 2 is 2.38 bits per heavy atom. The van der Waals surface area contributed by atoms with Gasteiger partial charge < -0.3 is 14.6 Å². The number of nitrogens with zero attached hydrogens (tertiary/aromatic N) is 4. The molecule has 2 aliphatic heterocycles. The van der Waals surface area contributed by atoms with Crippen LogP contribution in [0.2, 0.25) is 0 Å². The maximum absolute atomic E-state index is 12.4. The maximum Gasteiger partial charge on any atom is 0.249 e. The van der Waals surface area contributed by atoms with Gasteiger partial charge in [-0.3, -0.25) is 9.69 Å². The van der Waals surface area contributed by atoms with Crippen molar-refractivity contribution in [2.45, 2.75) is 44.2 Å². The number of nitrogens with one attached hydrogen (secondary N) is 1. The number of fused-ring (bicyclic) bond motifs is 1. The largest absolute Gasteiger partial charge is 0.363 e. The van der Waals surface area contributed by atoms with Crippen molar-refractivity contribution in [2.75, 3.05) is 6.54 Å². The molecular formula is C16H21N5O2S. The number of carbonyl (C=O) groups excluding carboxylic acids is 1. The van der Waals surface area contributed by atoms with E-state index in [4.69, 9.17) is 4.74 Å². The first kappa shape index (κ1) is 15.7. The van der Waals surface area contributed by atoms with Crippen LogP contribution in [0.15, 0.2) is 24.0 Å². The fourth-order valence-corrected chi connectivity index (χ4v) is 4.19. The molecule has 0 aromatic carbocycles. The molecule has 0 spiro atoms. The summed E-state index contributed by atoms with van der Waals surface area (Å²) >= 11 is 1.68. The predicted octanol–water partition coefficient (Wildman–Crippen LogP) is 0.925. The van der Waals surface area contributed by atoms with Crippen LogP contribution in [0.3, 0.4) is 0 Å². The Balaban J connectivity index is 1.32. The van der Waals surface area contributed by atoms with E-state index in [0.717, 1.165) is 36.8 Å². The second-order valence-electron chi connectivity index (χ2n) is 6.32. The lowest BCUT2D eigenvalue weighted by Crippen LogP contribution is -2.36. The molecule has 24 heavy (non-hydrogen) atoms. The van der Waals surface area contributed by atoms with Crippen LogP contribution in [-0.4, -0.2) is 50.1 Å². The summed E-state index contributed by atoms with van der Waals surface area (Å²) in [5.74, 6) is 0.800. The molecular weight excluding hydrogens is 326 g/mol. The first-order valence-corrected chi connectivity index (χ1v) is 9.10. The van der Waals surface area contributed by atoms with Gasteiger partial charge in [-0.15, -0.1) is 11.3 Å². The lowest BCUT2D eigenvalue weighted by atomic mass is 10.1. The highest BCUT2D eigenvalue weighted by Crippen LogP contribution is 2.34. The number of ether oxygens (including phenoxy) is 1. The molecule has 128 valence electrons. The van der Waals surface area contributed by atoms with Crippen LogP contribution in [0.4, 0.5) is 0 Å². The van der Waals surface area contributed by atoms with E-state index < -0.39 is 0 Å². The quantitative estimate of drug-likeness (QED) is 0.871. The fourth-order valence-electron chi connectivity index (χ4n) is 3.55. The van der Waals surface area contributed by atoms with Crippen LogP contribution in [-0.2, 0) is 29.7 Å². The molecule has 0 aliphatic carbocycles. The minimum atomic E-state index is -0.362. The average molecular weight is 347 g/mol. The summed E-state index contributed by atoms with van der Waals surface area (Å²) in [6, 6.07) is 0.317. The van der Waals surface area contributed by atoms with Crippen LogP contribution in [0.1, 0.15) is 23.7 Å². The highest BCUT2D eigenvalue weighted by molar-refractivity contribution is 7.09. The van der Waals surface area contributed by atoms with Gasteiger partial charge in [0.2, 0.25) is 5.91 Å². The summed E-state index contributed by atoms with van der Waals surface area (Å²) in [5, 5.41) is 6.07. The van der Waals surface area contributed by atoms with Crippen molar-refractivity contribution in [2.24, 2.45) is 7.05 Å². The van der Waals surface area contributed by atoms with Gasteiger partial charge in [-0.2, -0.15) is 0 Å². The number of hydrogen-bond acceptors (Lipinski definition) is 6. The van der Waals surface area contributed by atoms with E-state index in [2.05, 4.69) is 20.2 Å². The van der Waals surface area contributed by atoms with Gasteiger partial charge in [0.05, 0.1) is 19.2 Å². The van der Waals surface area contributed by atoms with Crippen molar-refractivity contribution in [1.29, 1.82) is 0 Å². The molecule has 4 rings (SSSR count). The zero-order valence-corrected chi connectivity index (χ0v) is 14.4. The molecule has 0 unspecified atom stereocenters. The number of aromatic nitrogens is 3. The van der Waals surface area contributed by atoms with E-state index in [-0.39, 0.29) is 18.1 Å². The van der Waals surface area contributed by atoms with Crippen molar-refractivity contribution < 1.29 is 9.53 Å². The standard InChI is InChI=1S/C16H21N5O2S/c1-20-6-3-17-14(20)9-19-16(22)13-8-11-12(23-13)2-5-21(11)10-15-18-4-7-24-15/h3-4,6-7,11-13H,2,5,8-10H2,1H3,(H,19,22)/t11-,12-,13+/m1/s1. The number of thiazole rings is 1. The third kappa shape index (κ3) is 3.09. The smallest absolute Gasteiger partial charge is 0.249 e. The van der Waals surface area contributed by atoms with Gasteiger partial charge >= 0.3 is 0 Å². The first-order chi connectivity index (χ1) is 11.7. The second-order valence-corrected chi connectivity index (χ2v) is 7.30. The van der Waals surface area contributed by atoms with Gasteiger partial charge in [0.1, 0.15) is 16.9 Å². The minimum Gasteiger partial charge on any atom is -0.363 e. The predicted molar refractivity (Wildman–Crippen MR) is 89.3 cm³/mol. The lowest BCUT2D eigenvalue weighted by Gasteiger charge is -2.21. The van der Waals surface area contributed by atoms with Crippen molar-refractivity contribution in [1.82, 2.24) is 24.8 Å². The Labute approximate surface area is 144 Å². The molecule has 2 aliphatic rings. The molecule has 8 heteroatoms. The normalized spacial score (nSPS) is 26.6. The van der Waals surface area contributed by atoms with Crippen LogP contribution >= 0.6 is 11.3 Å². The number of rotatable bonds is 5. The van der Waals surface area contributed by atoms with Crippen LogP contribution in [0, 0.1) is 0 Å². The number of likely N-dealkylation sites (tertiary alicyclic amines) is 1. The Morgan fingerprint density at radius 3 is 3.12 bits per heavy atom. The average Bonchev–Trinajstić information content (AvgIpc) is 3.32. The molecule has 2 saturated heterocycles. The minimum absolute atomic E-state index is 0.0402. The monoisotopic (exact) mass is 347 g/mol. The summed E-state index contributed by atoms with van der Waals surface area (Å²) in [7, 11) is 1.92. The van der Waals surface area contributed by atoms with E-state index in [1.165, 1.54) is 0 Å². The van der Waals surface area contributed by atoms with E-state index in [1.807, 2.05) is 29.4 Å². The Kier molecular flexibility index (Phi) is 4.34. The van der Waals surface area contributed by atoms with Crippen molar-refractivity contribution in [3.63, 3.8) is 0 Å². The maximum atomic E-state index is 12.4. The molecule has 0 radical (unpaired) electrons. The number of amides is 1. The third-order valence-corrected chi connectivity index (χ3v) is 5.61. The zero-order valence-electron chi connectivity index (χ0n) is 13.6. The molecule has 2 aromatic heterocycles. The van der Waals surface area contributed by atoms with Gasteiger partial charge in [0.15, 0.2) is 0 Å². The molecule has 0 saturated carbocycles. The van der Waals surface area contributed by atoms with Gasteiger partial charge in [-0.05, 0) is 6.42 Å². The SMILES string of the molecule is Cn1ccnc1CNC(=O)[C@@H]1C[C@@H]2[C@@H](CCN2Cc2nccs2)O1. The van der Waals surface area contributed by atoms with E-state index in [0.29, 0.717) is 12.6 Å². The van der Waals surface area contributed by atoms with Crippen molar-refractivity contribution in [3.05, 3.63) is 34.8 Å². The zero-order chi connectivity index (χ0) is 16.5. The van der Waals surface area contributed by atoms with Gasteiger partial charge in [0.25, 0.3) is 0 Å². The molecule has 4 heterocycles.